The number of amides is 2. The Bertz CT molecular complexity index is 1120. The first-order valence-corrected chi connectivity index (χ1v) is 11.9. The second kappa shape index (κ2) is 9.58. The Morgan fingerprint density at radius 1 is 1.31 bits per heavy atom. The zero-order valence-corrected chi connectivity index (χ0v) is 20.0. The van der Waals surface area contributed by atoms with E-state index in [0.717, 1.165) is 10.2 Å². The van der Waals surface area contributed by atoms with Gasteiger partial charge in [-0.3, -0.25) is 9.59 Å². The lowest BCUT2D eigenvalue weighted by Gasteiger charge is -2.40. The number of ether oxygens (including phenoxy) is 1. The summed E-state index contributed by atoms with van der Waals surface area (Å²) < 4.78 is 6.22. The van der Waals surface area contributed by atoms with Crippen LogP contribution in [-0.4, -0.2) is 42.9 Å². The van der Waals surface area contributed by atoms with Crippen molar-refractivity contribution in [2.75, 3.05) is 30.0 Å². The van der Waals surface area contributed by atoms with E-state index in [0.29, 0.717) is 53.1 Å². The van der Waals surface area contributed by atoms with Crippen LogP contribution in [0.4, 0.5) is 11.4 Å². The predicted molar refractivity (Wildman–Crippen MR) is 127 cm³/mol. The van der Waals surface area contributed by atoms with E-state index in [2.05, 4.69) is 31.6 Å². The van der Waals surface area contributed by atoms with E-state index < -0.39 is 5.54 Å². The molecule has 1 aliphatic heterocycles. The molecule has 2 aromatic rings. The van der Waals surface area contributed by atoms with Crippen molar-refractivity contribution in [2.45, 2.75) is 24.8 Å². The van der Waals surface area contributed by atoms with Crippen LogP contribution in [0.1, 0.15) is 28.9 Å². The highest BCUT2D eigenvalue weighted by molar-refractivity contribution is 9.11. The molecule has 0 unspecified atom stereocenters. The third-order valence-electron chi connectivity index (χ3n) is 5.47. The topological polar surface area (TPSA) is 107 Å². The number of halogens is 2. The minimum absolute atomic E-state index is 0.228. The van der Waals surface area contributed by atoms with Crippen molar-refractivity contribution < 1.29 is 14.3 Å². The van der Waals surface area contributed by atoms with Crippen molar-refractivity contribution in [3.63, 3.8) is 0 Å². The highest BCUT2D eigenvalue weighted by Crippen LogP contribution is 2.35. The molecule has 8 nitrogen and oxygen atoms in total. The van der Waals surface area contributed by atoms with Gasteiger partial charge in [-0.2, -0.15) is 10.3 Å². The number of nitrogens with one attached hydrogen (secondary N) is 2. The molecule has 1 saturated heterocycles. The van der Waals surface area contributed by atoms with Gasteiger partial charge >= 0.3 is 0 Å². The number of hydrogen-bond donors (Lipinski definition) is 2. The average Bonchev–Trinajstić information content (AvgIpc) is 3.18. The number of carbonyl (C=O) groups excluding carboxylic acids is 2. The minimum Gasteiger partial charge on any atom is -0.372 e. The van der Waals surface area contributed by atoms with Crippen LogP contribution < -0.4 is 15.5 Å². The maximum Gasteiger partial charge on any atom is 0.262 e. The number of amidine groups is 1. The number of benzene rings is 1. The molecule has 2 amide bonds. The van der Waals surface area contributed by atoms with Crippen LogP contribution in [0.15, 0.2) is 39.1 Å². The number of morpholine rings is 1. The lowest BCUT2D eigenvalue weighted by atomic mass is 9.75. The van der Waals surface area contributed by atoms with Gasteiger partial charge in [0.15, 0.2) is 0 Å². The van der Waals surface area contributed by atoms with Gasteiger partial charge in [0.25, 0.3) is 5.91 Å². The van der Waals surface area contributed by atoms with Crippen molar-refractivity contribution >= 4 is 67.9 Å². The van der Waals surface area contributed by atoms with Gasteiger partial charge in [0.2, 0.25) is 12.1 Å². The SMILES string of the molecule is N#C/N=C1/COCCN1c1ccc(NC(=O)C2(NC(=O)c3ccc(Br)s3)CCC2)cc1Cl. The zero-order chi connectivity index (χ0) is 22.7. The summed E-state index contributed by atoms with van der Waals surface area (Å²) >= 11 is 11.2. The van der Waals surface area contributed by atoms with E-state index in [1.807, 2.05) is 4.90 Å². The number of hydrogen-bond acceptors (Lipinski definition) is 6. The first-order chi connectivity index (χ1) is 15.4. The van der Waals surface area contributed by atoms with Gasteiger partial charge in [0.1, 0.15) is 18.0 Å². The third-order valence-corrected chi connectivity index (χ3v) is 7.39. The Balaban J connectivity index is 1.48. The molecule has 4 rings (SSSR count). The first kappa shape index (κ1) is 22.7. The van der Waals surface area contributed by atoms with Crippen molar-refractivity contribution in [3.05, 3.63) is 44.0 Å². The summed E-state index contributed by atoms with van der Waals surface area (Å²) in [5.74, 6) is -0.0519. The molecule has 1 aromatic carbocycles. The van der Waals surface area contributed by atoms with Crippen LogP contribution in [0.5, 0.6) is 0 Å². The summed E-state index contributed by atoms with van der Waals surface area (Å²) in [6, 6.07) is 8.69. The molecule has 2 heterocycles. The second-order valence-corrected chi connectivity index (χ2v) is 10.3. The van der Waals surface area contributed by atoms with E-state index in [9.17, 15) is 9.59 Å². The minimum atomic E-state index is -0.935. The van der Waals surface area contributed by atoms with Gasteiger partial charge in [-0.25, -0.2) is 0 Å². The number of thiophene rings is 1. The van der Waals surface area contributed by atoms with Crippen molar-refractivity contribution in [1.29, 1.82) is 5.26 Å². The Kier molecular flexibility index (Phi) is 6.81. The molecule has 2 N–H and O–H groups in total. The van der Waals surface area contributed by atoms with Gasteiger partial charge < -0.3 is 20.3 Å². The van der Waals surface area contributed by atoms with Crippen molar-refractivity contribution in [2.24, 2.45) is 4.99 Å². The molecule has 0 atom stereocenters. The second-order valence-electron chi connectivity index (χ2n) is 7.45. The van der Waals surface area contributed by atoms with E-state index in [1.54, 1.807) is 36.5 Å². The lowest BCUT2D eigenvalue weighted by molar-refractivity contribution is -0.125. The molecule has 11 heteroatoms. The van der Waals surface area contributed by atoms with Gasteiger partial charge in [0, 0.05) is 12.2 Å². The van der Waals surface area contributed by atoms with Crippen LogP contribution in [0.3, 0.4) is 0 Å². The smallest absolute Gasteiger partial charge is 0.262 e. The number of rotatable bonds is 5. The lowest BCUT2D eigenvalue weighted by Crippen LogP contribution is -2.61. The molecule has 1 aromatic heterocycles. The summed E-state index contributed by atoms with van der Waals surface area (Å²) in [7, 11) is 0. The number of nitrogens with zero attached hydrogens (tertiary/aromatic N) is 3. The van der Waals surface area contributed by atoms with Crippen LogP contribution in [0.2, 0.25) is 5.02 Å². The molecule has 0 spiro atoms. The molecule has 2 aliphatic rings. The number of aliphatic imine (C=N–C) groups is 1. The van der Waals surface area contributed by atoms with E-state index in [-0.39, 0.29) is 18.4 Å². The van der Waals surface area contributed by atoms with Crippen LogP contribution in [-0.2, 0) is 9.53 Å². The monoisotopic (exact) mass is 535 g/mol. The van der Waals surface area contributed by atoms with Gasteiger partial charge in [-0.15, -0.1) is 11.3 Å². The van der Waals surface area contributed by atoms with Gasteiger partial charge in [0.05, 0.1) is 26.0 Å². The van der Waals surface area contributed by atoms with Gasteiger partial charge in [-0.05, 0) is 65.5 Å². The Labute approximate surface area is 202 Å². The number of anilines is 2. The molecule has 0 radical (unpaired) electrons. The molecular weight excluding hydrogens is 518 g/mol. The Morgan fingerprint density at radius 3 is 2.75 bits per heavy atom. The number of carbonyl (C=O) groups is 2. The maximum atomic E-state index is 13.1. The van der Waals surface area contributed by atoms with E-state index in [1.165, 1.54) is 11.3 Å². The summed E-state index contributed by atoms with van der Waals surface area (Å²) in [4.78, 5) is 31.9. The van der Waals surface area contributed by atoms with E-state index >= 15 is 0 Å². The van der Waals surface area contributed by atoms with Crippen molar-refractivity contribution in [1.82, 2.24) is 5.32 Å². The average molecular weight is 537 g/mol. The first-order valence-electron chi connectivity index (χ1n) is 9.92. The fraction of sp³-hybridized carbons (Fsp3) is 0.333. The summed E-state index contributed by atoms with van der Waals surface area (Å²) in [6.07, 6.45) is 3.79. The third kappa shape index (κ3) is 4.66. The largest absolute Gasteiger partial charge is 0.372 e. The highest BCUT2D eigenvalue weighted by atomic mass is 79.9. The molecule has 32 heavy (non-hydrogen) atoms. The Hall–Kier alpha value is -2.45. The maximum absolute atomic E-state index is 13.1. The highest BCUT2D eigenvalue weighted by Gasteiger charge is 2.45. The van der Waals surface area contributed by atoms with Crippen LogP contribution in [0.25, 0.3) is 0 Å². The standard InChI is InChI=1S/C21H19BrClN5O3S/c22-17-5-4-16(32-17)19(29)27-21(6-1-7-21)20(30)26-13-2-3-15(14(23)10-13)28-8-9-31-11-18(28)25-12-24/h2-5,10H,1,6-9,11H2,(H,26,30)(H,27,29)/b25-18-. The van der Waals surface area contributed by atoms with E-state index in [4.69, 9.17) is 21.6 Å². The fourth-order valence-corrected chi connectivity index (χ4v) is 5.21. The molecule has 2 fully saturated rings. The molecule has 1 saturated carbocycles. The molecule has 1 aliphatic carbocycles. The summed E-state index contributed by atoms with van der Waals surface area (Å²) in [6.45, 7) is 1.23. The molecular formula is C21H19BrClN5O3S. The number of nitriles is 1. The van der Waals surface area contributed by atoms with Gasteiger partial charge in [-0.1, -0.05) is 11.6 Å². The fourth-order valence-electron chi connectivity index (χ4n) is 3.64. The molecule has 0 bridgehead atoms. The normalized spacial score (nSPS) is 18.5. The quantitative estimate of drug-likeness (QED) is 0.558. The van der Waals surface area contributed by atoms with Crippen LogP contribution in [0, 0.1) is 11.5 Å². The summed E-state index contributed by atoms with van der Waals surface area (Å²) in [5.41, 5.74) is 0.266. The van der Waals surface area contributed by atoms with Crippen LogP contribution >= 0.6 is 38.9 Å². The zero-order valence-electron chi connectivity index (χ0n) is 16.9. The molecule has 166 valence electrons. The Morgan fingerprint density at radius 2 is 2.12 bits per heavy atom. The predicted octanol–water partition coefficient (Wildman–Crippen LogP) is 4.17. The van der Waals surface area contributed by atoms with Crippen molar-refractivity contribution in [3.8, 4) is 6.19 Å². The summed E-state index contributed by atoms with van der Waals surface area (Å²) in [5, 5.41) is 15.1.